The first kappa shape index (κ1) is 11.9. The smallest absolute Gasteiger partial charge is 0.127 e. The summed E-state index contributed by atoms with van der Waals surface area (Å²) >= 11 is 0. The van der Waals surface area contributed by atoms with Crippen LogP contribution in [0.4, 0.5) is 5.82 Å². The standard InChI is InChI=1S/C14H22N4/c1-10-16-12(9-14(15)17-10)13-7-8-18(13)11-5-3-2-4-6-11/h9,11,13H,2-8H2,1H3,(H2,15,16,17). The van der Waals surface area contributed by atoms with Crippen LogP contribution in [0.5, 0.6) is 0 Å². The van der Waals surface area contributed by atoms with Gasteiger partial charge in [-0.2, -0.15) is 0 Å². The van der Waals surface area contributed by atoms with Crippen molar-refractivity contribution in [3.8, 4) is 0 Å². The van der Waals surface area contributed by atoms with E-state index in [0.717, 1.165) is 17.6 Å². The van der Waals surface area contributed by atoms with Crippen molar-refractivity contribution >= 4 is 5.82 Å². The number of hydrogen-bond donors (Lipinski definition) is 1. The molecule has 1 aliphatic heterocycles. The van der Waals surface area contributed by atoms with Gasteiger partial charge >= 0.3 is 0 Å². The number of aromatic nitrogens is 2. The Morgan fingerprint density at radius 3 is 2.56 bits per heavy atom. The van der Waals surface area contributed by atoms with Crippen molar-refractivity contribution in [3.05, 3.63) is 17.6 Å². The first-order chi connectivity index (χ1) is 8.74. The van der Waals surface area contributed by atoms with Crippen molar-refractivity contribution in [1.82, 2.24) is 14.9 Å². The van der Waals surface area contributed by atoms with E-state index in [4.69, 9.17) is 5.73 Å². The van der Waals surface area contributed by atoms with Gasteiger partial charge < -0.3 is 5.73 Å². The molecular formula is C14H22N4. The Morgan fingerprint density at radius 1 is 1.17 bits per heavy atom. The van der Waals surface area contributed by atoms with Gasteiger partial charge in [0.2, 0.25) is 0 Å². The van der Waals surface area contributed by atoms with E-state index in [1.54, 1.807) is 0 Å². The highest BCUT2D eigenvalue weighted by molar-refractivity contribution is 5.31. The first-order valence-electron chi connectivity index (χ1n) is 7.11. The zero-order valence-electron chi connectivity index (χ0n) is 11.1. The molecule has 1 saturated heterocycles. The third-order valence-electron chi connectivity index (χ3n) is 4.32. The molecule has 0 radical (unpaired) electrons. The number of rotatable bonds is 2. The second-order valence-corrected chi connectivity index (χ2v) is 5.60. The van der Waals surface area contributed by atoms with Crippen molar-refractivity contribution in [2.24, 2.45) is 0 Å². The molecule has 2 heterocycles. The molecular weight excluding hydrogens is 224 g/mol. The molecule has 3 rings (SSSR count). The highest BCUT2D eigenvalue weighted by atomic mass is 15.2. The number of likely N-dealkylation sites (tertiary alicyclic amines) is 1. The van der Waals surface area contributed by atoms with E-state index in [1.807, 2.05) is 13.0 Å². The average molecular weight is 246 g/mol. The van der Waals surface area contributed by atoms with Crippen molar-refractivity contribution in [1.29, 1.82) is 0 Å². The number of nitrogens with two attached hydrogens (primary N) is 1. The van der Waals surface area contributed by atoms with E-state index in [0.29, 0.717) is 11.9 Å². The molecule has 1 aliphatic carbocycles. The van der Waals surface area contributed by atoms with E-state index >= 15 is 0 Å². The van der Waals surface area contributed by atoms with Crippen LogP contribution in [-0.2, 0) is 0 Å². The summed E-state index contributed by atoms with van der Waals surface area (Å²) in [5, 5.41) is 0. The molecule has 2 N–H and O–H groups in total. The summed E-state index contributed by atoms with van der Waals surface area (Å²) in [7, 11) is 0. The topological polar surface area (TPSA) is 55.0 Å². The Bertz CT molecular complexity index is 406. The van der Waals surface area contributed by atoms with Crippen molar-refractivity contribution in [2.75, 3.05) is 12.3 Å². The maximum Gasteiger partial charge on any atom is 0.127 e. The van der Waals surface area contributed by atoms with Gasteiger partial charge in [0.15, 0.2) is 0 Å². The predicted octanol–water partition coefficient (Wildman–Crippen LogP) is 2.45. The van der Waals surface area contributed by atoms with Crippen LogP contribution in [0.1, 0.15) is 56.1 Å². The summed E-state index contributed by atoms with van der Waals surface area (Å²) < 4.78 is 0. The van der Waals surface area contributed by atoms with Gasteiger partial charge in [0, 0.05) is 18.7 Å². The summed E-state index contributed by atoms with van der Waals surface area (Å²) in [6.45, 7) is 3.14. The largest absolute Gasteiger partial charge is 0.384 e. The Labute approximate surface area is 109 Å². The van der Waals surface area contributed by atoms with Gasteiger partial charge in [-0.05, 0) is 26.2 Å². The maximum atomic E-state index is 5.83. The lowest BCUT2D eigenvalue weighted by Gasteiger charge is -2.47. The number of hydrogen-bond acceptors (Lipinski definition) is 4. The first-order valence-corrected chi connectivity index (χ1v) is 7.11. The van der Waals surface area contributed by atoms with E-state index < -0.39 is 0 Å². The zero-order valence-corrected chi connectivity index (χ0v) is 11.1. The fourth-order valence-corrected chi connectivity index (χ4v) is 3.36. The van der Waals surface area contributed by atoms with E-state index in [1.165, 1.54) is 45.1 Å². The highest BCUT2D eigenvalue weighted by Crippen LogP contribution is 2.38. The molecule has 2 aliphatic rings. The Balaban J connectivity index is 1.75. The van der Waals surface area contributed by atoms with Crippen LogP contribution < -0.4 is 5.73 Å². The summed E-state index contributed by atoms with van der Waals surface area (Å²) in [4.78, 5) is 11.4. The molecule has 2 fully saturated rings. The Hall–Kier alpha value is -1.16. The van der Waals surface area contributed by atoms with Crippen LogP contribution in [0.3, 0.4) is 0 Å². The van der Waals surface area contributed by atoms with Crippen LogP contribution >= 0.6 is 0 Å². The van der Waals surface area contributed by atoms with Gasteiger partial charge in [0.25, 0.3) is 0 Å². The summed E-state index contributed by atoms with van der Waals surface area (Å²) in [5.41, 5.74) is 6.95. The molecule has 0 bridgehead atoms. The number of aryl methyl sites for hydroxylation is 1. The SMILES string of the molecule is Cc1nc(N)cc(C2CCN2C2CCCCC2)n1. The van der Waals surface area contributed by atoms with Crippen molar-refractivity contribution in [3.63, 3.8) is 0 Å². The Kier molecular flexibility index (Phi) is 3.20. The van der Waals surface area contributed by atoms with Crippen LogP contribution in [-0.4, -0.2) is 27.5 Å². The van der Waals surface area contributed by atoms with Gasteiger partial charge in [-0.25, -0.2) is 9.97 Å². The van der Waals surface area contributed by atoms with Gasteiger partial charge in [-0.1, -0.05) is 19.3 Å². The van der Waals surface area contributed by atoms with Crippen LogP contribution in [0, 0.1) is 6.92 Å². The number of nitrogens with zero attached hydrogens (tertiary/aromatic N) is 3. The van der Waals surface area contributed by atoms with Crippen LogP contribution in [0.2, 0.25) is 0 Å². The number of nitrogen functional groups attached to an aromatic ring is 1. The van der Waals surface area contributed by atoms with Gasteiger partial charge in [0.1, 0.15) is 11.6 Å². The molecule has 1 saturated carbocycles. The summed E-state index contributed by atoms with van der Waals surface area (Å²) in [6, 6.07) is 3.21. The quantitative estimate of drug-likeness (QED) is 0.871. The summed E-state index contributed by atoms with van der Waals surface area (Å²) in [5.74, 6) is 1.40. The minimum Gasteiger partial charge on any atom is -0.384 e. The lowest BCUT2D eigenvalue weighted by atomic mass is 9.88. The minimum absolute atomic E-state index is 0.483. The highest BCUT2D eigenvalue weighted by Gasteiger charge is 2.36. The second kappa shape index (κ2) is 4.84. The van der Waals surface area contributed by atoms with Gasteiger partial charge in [-0.3, -0.25) is 4.90 Å². The van der Waals surface area contributed by atoms with Crippen LogP contribution in [0.15, 0.2) is 6.07 Å². The molecule has 1 aromatic rings. The number of anilines is 1. The Morgan fingerprint density at radius 2 is 1.94 bits per heavy atom. The molecule has 0 amide bonds. The molecule has 18 heavy (non-hydrogen) atoms. The lowest BCUT2D eigenvalue weighted by molar-refractivity contribution is 0.0204. The van der Waals surface area contributed by atoms with Crippen molar-refractivity contribution in [2.45, 2.75) is 57.5 Å². The molecule has 1 atom stereocenters. The van der Waals surface area contributed by atoms with Crippen molar-refractivity contribution < 1.29 is 0 Å². The molecule has 0 aromatic carbocycles. The predicted molar refractivity (Wildman–Crippen MR) is 72.1 cm³/mol. The molecule has 4 nitrogen and oxygen atoms in total. The average Bonchev–Trinajstić information content (AvgIpc) is 2.27. The molecule has 98 valence electrons. The lowest BCUT2D eigenvalue weighted by Crippen LogP contribution is -2.48. The third-order valence-corrected chi connectivity index (χ3v) is 4.32. The normalized spacial score (nSPS) is 25.9. The van der Waals surface area contributed by atoms with E-state index in [-0.39, 0.29) is 0 Å². The third kappa shape index (κ3) is 2.21. The maximum absolute atomic E-state index is 5.83. The monoisotopic (exact) mass is 246 g/mol. The molecule has 0 spiro atoms. The van der Waals surface area contributed by atoms with Crippen LogP contribution in [0.25, 0.3) is 0 Å². The minimum atomic E-state index is 0.483. The molecule has 1 aromatic heterocycles. The zero-order chi connectivity index (χ0) is 12.5. The second-order valence-electron chi connectivity index (χ2n) is 5.60. The molecule has 1 unspecified atom stereocenters. The van der Waals surface area contributed by atoms with Gasteiger partial charge in [-0.15, -0.1) is 0 Å². The molecule has 4 heteroatoms. The fraction of sp³-hybridized carbons (Fsp3) is 0.714. The van der Waals surface area contributed by atoms with E-state index in [2.05, 4.69) is 14.9 Å². The van der Waals surface area contributed by atoms with E-state index in [9.17, 15) is 0 Å². The fourth-order valence-electron chi connectivity index (χ4n) is 3.36. The summed E-state index contributed by atoms with van der Waals surface area (Å²) in [6.07, 6.45) is 8.12. The van der Waals surface area contributed by atoms with Gasteiger partial charge in [0.05, 0.1) is 11.7 Å².